The molecule has 0 atom stereocenters. The van der Waals surface area contributed by atoms with E-state index in [1.807, 2.05) is 12.1 Å². The summed E-state index contributed by atoms with van der Waals surface area (Å²) >= 11 is 0. The third-order valence-corrected chi connectivity index (χ3v) is 6.14. The monoisotopic (exact) mass is 359 g/mol. The van der Waals surface area contributed by atoms with Crippen LogP contribution in [0.3, 0.4) is 0 Å². The average molecular weight is 359 g/mol. The molecule has 0 unspecified atom stereocenters. The van der Waals surface area contributed by atoms with Gasteiger partial charge in [0.2, 0.25) is 11.8 Å². The summed E-state index contributed by atoms with van der Waals surface area (Å²) in [4.78, 5) is 29.1. The molecule has 2 amide bonds. The summed E-state index contributed by atoms with van der Waals surface area (Å²) in [5, 5.41) is 2.99. The second-order valence-electron chi connectivity index (χ2n) is 7.94. The Hall–Kier alpha value is -1.82. The van der Waals surface area contributed by atoms with Crippen molar-refractivity contribution in [2.24, 2.45) is 11.8 Å². The smallest absolute Gasteiger partial charge is 0.225 e. The average Bonchev–Trinajstić information content (AvgIpc) is 3.41. The number of piperidine rings is 2. The molecule has 3 heterocycles. The molecule has 0 radical (unpaired) electrons. The van der Waals surface area contributed by atoms with Gasteiger partial charge in [0, 0.05) is 31.0 Å². The van der Waals surface area contributed by atoms with Crippen molar-refractivity contribution in [1.29, 1.82) is 0 Å². The van der Waals surface area contributed by atoms with Gasteiger partial charge in [-0.05, 0) is 63.7 Å². The number of hydrogen-bond acceptors (Lipinski definition) is 4. The first-order valence-electron chi connectivity index (χ1n) is 10.0. The van der Waals surface area contributed by atoms with Crippen LogP contribution in [0.25, 0.3) is 0 Å². The van der Waals surface area contributed by atoms with E-state index >= 15 is 0 Å². The molecule has 4 rings (SSSR count). The Balaban J connectivity index is 1.18. The lowest BCUT2D eigenvalue weighted by molar-refractivity contribution is -0.134. The molecule has 2 aliphatic heterocycles. The van der Waals surface area contributed by atoms with Crippen LogP contribution in [-0.2, 0) is 16.1 Å². The summed E-state index contributed by atoms with van der Waals surface area (Å²) in [5.74, 6) is 1.77. The van der Waals surface area contributed by atoms with Crippen LogP contribution in [-0.4, -0.2) is 53.8 Å². The van der Waals surface area contributed by atoms with Gasteiger partial charge in [0.1, 0.15) is 5.76 Å². The number of hydrogen-bond donors (Lipinski definition) is 1. The number of rotatable bonds is 5. The topological polar surface area (TPSA) is 65.8 Å². The molecule has 3 fully saturated rings. The summed E-state index contributed by atoms with van der Waals surface area (Å²) in [5.41, 5.74) is 0. The van der Waals surface area contributed by atoms with Gasteiger partial charge >= 0.3 is 0 Å². The van der Waals surface area contributed by atoms with E-state index in [2.05, 4.69) is 15.1 Å². The van der Waals surface area contributed by atoms with Crippen LogP contribution in [0.5, 0.6) is 0 Å². The first kappa shape index (κ1) is 17.6. The van der Waals surface area contributed by atoms with Gasteiger partial charge in [0.25, 0.3) is 0 Å². The number of amides is 2. The predicted molar refractivity (Wildman–Crippen MR) is 97.2 cm³/mol. The molecule has 142 valence electrons. The van der Waals surface area contributed by atoms with Gasteiger partial charge in [-0.2, -0.15) is 0 Å². The van der Waals surface area contributed by atoms with E-state index in [9.17, 15) is 9.59 Å². The summed E-state index contributed by atoms with van der Waals surface area (Å²) in [6.45, 7) is 4.26. The van der Waals surface area contributed by atoms with Crippen LogP contribution in [0.1, 0.15) is 44.3 Å². The molecular weight excluding hydrogens is 330 g/mol. The highest BCUT2D eigenvalue weighted by Crippen LogP contribution is 2.32. The number of furan rings is 1. The normalized spacial score (nSPS) is 23.2. The largest absolute Gasteiger partial charge is 0.467 e. The lowest BCUT2D eigenvalue weighted by atomic mass is 9.92. The Morgan fingerprint density at radius 2 is 1.73 bits per heavy atom. The fourth-order valence-electron chi connectivity index (χ4n) is 4.30. The van der Waals surface area contributed by atoms with Crippen molar-refractivity contribution in [2.75, 3.05) is 26.2 Å². The van der Waals surface area contributed by atoms with Crippen LogP contribution in [0.15, 0.2) is 22.8 Å². The molecule has 1 saturated carbocycles. The fourth-order valence-corrected chi connectivity index (χ4v) is 4.30. The molecule has 0 spiro atoms. The SMILES string of the molecule is O=C(NCc1ccco1)C1CCN(C2CCN(C(=O)C3CC3)CC2)CC1. The van der Waals surface area contributed by atoms with E-state index in [4.69, 9.17) is 4.42 Å². The zero-order chi connectivity index (χ0) is 17.9. The van der Waals surface area contributed by atoms with E-state index in [-0.39, 0.29) is 11.8 Å². The third kappa shape index (κ3) is 4.11. The van der Waals surface area contributed by atoms with Crippen LogP contribution >= 0.6 is 0 Å². The predicted octanol–water partition coefficient (Wildman–Crippen LogP) is 2.01. The molecule has 0 aromatic carbocycles. The van der Waals surface area contributed by atoms with Crippen LogP contribution in [0, 0.1) is 11.8 Å². The molecular formula is C20H29N3O3. The summed E-state index contributed by atoms with van der Waals surface area (Å²) in [6, 6.07) is 4.29. The second kappa shape index (κ2) is 7.82. The second-order valence-corrected chi connectivity index (χ2v) is 7.94. The molecule has 26 heavy (non-hydrogen) atoms. The standard InChI is InChI=1S/C20H29N3O3/c24-19(21-14-18-2-1-13-26-18)15-5-9-22(10-6-15)17-7-11-23(12-8-17)20(25)16-3-4-16/h1-2,13,15-17H,3-12,14H2,(H,21,24). The van der Waals surface area contributed by atoms with Crippen molar-refractivity contribution in [3.63, 3.8) is 0 Å². The van der Waals surface area contributed by atoms with Gasteiger partial charge in [-0.25, -0.2) is 0 Å². The van der Waals surface area contributed by atoms with Crippen molar-refractivity contribution in [3.8, 4) is 0 Å². The Bertz CT molecular complexity index is 610. The molecule has 1 aliphatic carbocycles. The molecule has 2 saturated heterocycles. The van der Waals surface area contributed by atoms with Gasteiger partial charge in [-0.1, -0.05) is 0 Å². The maximum absolute atomic E-state index is 12.3. The molecule has 6 nitrogen and oxygen atoms in total. The van der Waals surface area contributed by atoms with Gasteiger partial charge in [-0.3, -0.25) is 9.59 Å². The van der Waals surface area contributed by atoms with Crippen LogP contribution in [0.2, 0.25) is 0 Å². The number of carbonyl (C=O) groups excluding carboxylic acids is 2. The molecule has 1 aromatic rings. The highest BCUT2D eigenvalue weighted by Gasteiger charge is 2.36. The third-order valence-electron chi connectivity index (χ3n) is 6.14. The number of carbonyl (C=O) groups is 2. The first-order valence-corrected chi connectivity index (χ1v) is 10.0. The van der Waals surface area contributed by atoms with Crippen molar-refractivity contribution >= 4 is 11.8 Å². The van der Waals surface area contributed by atoms with Crippen molar-refractivity contribution in [2.45, 2.75) is 51.1 Å². The van der Waals surface area contributed by atoms with E-state index in [1.165, 1.54) is 0 Å². The highest BCUT2D eigenvalue weighted by atomic mass is 16.3. The zero-order valence-corrected chi connectivity index (χ0v) is 15.4. The minimum absolute atomic E-state index is 0.109. The van der Waals surface area contributed by atoms with Crippen LogP contribution in [0.4, 0.5) is 0 Å². The fraction of sp³-hybridized carbons (Fsp3) is 0.700. The quantitative estimate of drug-likeness (QED) is 0.873. The van der Waals surface area contributed by atoms with E-state index in [0.717, 1.165) is 70.5 Å². The number of likely N-dealkylation sites (tertiary alicyclic amines) is 2. The Morgan fingerprint density at radius 3 is 2.35 bits per heavy atom. The van der Waals surface area contributed by atoms with E-state index in [1.54, 1.807) is 6.26 Å². The maximum Gasteiger partial charge on any atom is 0.225 e. The summed E-state index contributed by atoms with van der Waals surface area (Å²) < 4.78 is 5.26. The zero-order valence-electron chi connectivity index (χ0n) is 15.4. The Labute approximate surface area is 154 Å². The Kier molecular flexibility index (Phi) is 5.29. The summed E-state index contributed by atoms with van der Waals surface area (Å²) in [6.07, 6.45) is 7.81. The molecule has 1 aromatic heterocycles. The van der Waals surface area contributed by atoms with E-state index in [0.29, 0.717) is 24.4 Å². The number of nitrogens with one attached hydrogen (secondary N) is 1. The summed E-state index contributed by atoms with van der Waals surface area (Å²) in [7, 11) is 0. The lowest BCUT2D eigenvalue weighted by Gasteiger charge is -2.41. The number of nitrogens with zero attached hydrogens (tertiary/aromatic N) is 2. The van der Waals surface area contributed by atoms with Crippen molar-refractivity contribution in [1.82, 2.24) is 15.1 Å². The Morgan fingerprint density at radius 1 is 1.00 bits per heavy atom. The highest BCUT2D eigenvalue weighted by molar-refractivity contribution is 5.81. The van der Waals surface area contributed by atoms with Crippen LogP contribution < -0.4 is 5.32 Å². The first-order chi connectivity index (χ1) is 12.7. The lowest BCUT2D eigenvalue weighted by Crippen LogP contribution is -2.50. The molecule has 0 bridgehead atoms. The van der Waals surface area contributed by atoms with Gasteiger partial charge in [0.05, 0.1) is 12.8 Å². The van der Waals surface area contributed by atoms with Gasteiger partial charge in [0.15, 0.2) is 0 Å². The van der Waals surface area contributed by atoms with Gasteiger partial charge < -0.3 is 19.5 Å². The minimum Gasteiger partial charge on any atom is -0.467 e. The van der Waals surface area contributed by atoms with Gasteiger partial charge in [-0.15, -0.1) is 0 Å². The van der Waals surface area contributed by atoms with E-state index < -0.39 is 0 Å². The van der Waals surface area contributed by atoms with Crippen molar-refractivity contribution < 1.29 is 14.0 Å². The molecule has 6 heteroatoms. The molecule has 1 N–H and O–H groups in total. The molecule has 3 aliphatic rings. The maximum atomic E-state index is 12.3. The minimum atomic E-state index is 0.109. The van der Waals surface area contributed by atoms with Crippen molar-refractivity contribution in [3.05, 3.63) is 24.2 Å².